The standard InChI is InChI=1S/C18H34O5/c19-15-13-11-9-7-5-3-1-2-4-6-8-10-12-14-16(20)17(21)18(22)23/h2,4,16-17,19-21H,1,3,5-15H2,(H,22,23). The van der Waals surface area contributed by atoms with Gasteiger partial charge in [-0.1, -0.05) is 50.7 Å². The lowest BCUT2D eigenvalue weighted by atomic mass is 10.0. The third-order valence-corrected chi connectivity index (χ3v) is 3.93. The lowest BCUT2D eigenvalue weighted by Gasteiger charge is -2.13. The molecule has 0 aromatic rings. The van der Waals surface area contributed by atoms with E-state index in [4.69, 9.17) is 15.3 Å². The van der Waals surface area contributed by atoms with E-state index < -0.39 is 18.2 Å². The highest BCUT2D eigenvalue weighted by Crippen LogP contribution is 2.10. The van der Waals surface area contributed by atoms with Crippen LogP contribution >= 0.6 is 0 Å². The van der Waals surface area contributed by atoms with Gasteiger partial charge in [0.2, 0.25) is 0 Å². The van der Waals surface area contributed by atoms with Crippen LogP contribution in [0.5, 0.6) is 0 Å². The Hall–Kier alpha value is -0.910. The molecule has 0 bridgehead atoms. The van der Waals surface area contributed by atoms with Crippen LogP contribution in [0.2, 0.25) is 0 Å². The predicted molar refractivity (Wildman–Crippen MR) is 91.3 cm³/mol. The number of hydrogen-bond donors (Lipinski definition) is 4. The van der Waals surface area contributed by atoms with Gasteiger partial charge in [0, 0.05) is 6.61 Å². The second-order valence-corrected chi connectivity index (χ2v) is 6.09. The number of unbranched alkanes of at least 4 members (excludes halogenated alkanes) is 9. The third kappa shape index (κ3) is 14.4. The summed E-state index contributed by atoms with van der Waals surface area (Å²) in [5.41, 5.74) is 0. The van der Waals surface area contributed by atoms with Gasteiger partial charge in [-0.05, 0) is 38.5 Å². The summed E-state index contributed by atoms with van der Waals surface area (Å²) in [6.45, 7) is 0.307. The van der Waals surface area contributed by atoms with E-state index in [0.29, 0.717) is 13.0 Å². The molecule has 0 heterocycles. The second-order valence-electron chi connectivity index (χ2n) is 6.09. The SMILES string of the molecule is O=C(O)C(O)C(O)CCCCCC=CCCCCCCCCO. The van der Waals surface area contributed by atoms with E-state index in [9.17, 15) is 9.90 Å². The molecule has 2 atom stereocenters. The summed E-state index contributed by atoms with van der Waals surface area (Å²) < 4.78 is 0. The van der Waals surface area contributed by atoms with E-state index in [0.717, 1.165) is 44.9 Å². The van der Waals surface area contributed by atoms with E-state index in [1.165, 1.54) is 25.7 Å². The summed E-state index contributed by atoms with van der Waals surface area (Å²) in [6, 6.07) is 0. The Morgan fingerprint density at radius 2 is 1.26 bits per heavy atom. The van der Waals surface area contributed by atoms with Gasteiger partial charge in [-0.2, -0.15) is 0 Å². The number of carbonyl (C=O) groups is 1. The number of aliphatic hydroxyl groups is 3. The average Bonchev–Trinajstić information content (AvgIpc) is 2.54. The summed E-state index contributed by atoms with van der Waals surface area (Å²) >= 11 is 0. The maximum absolute atomic E-state index is 10.5. The van der Waals surface area contributed by atoms with Crippen molar-refractivity contribution in [1.29, 1.82) is 0 Å². The van der Waals surface area contributed by atoms with Crippen LogP contribution < -0.4 is 0 Å². The fraction of sp³-hybridized carbons (Fsp3) is 0.833. The molecule has 0 aliphatic carbocycles. The summed E-state index contributed by atoms with van der Waals surface area (Å²) in [5.74, 6) is -1.37. The molecule has 0 aliphatic rings. The van der Waals surface area contributed by atoms with E-state index >= 15 is 0 Å². The molecule has 23 heavy (non-hydrogen) atoms. The molecule has 0 amide bonds. The first kappa shape index (κ1) is 22.1. The molecule has 0 saturated carbocycles. The van der Waals surface area contributed by atoms with Crippen molar-refractivity contribution in [3.8, 4) is 0 Å². The molecule has 0 aromatic carbocycles. The van der Waals surface area contributed by atoms with Gasteiger partial charge in [0.1, 0.15) is 0 Å². The molecular weight excluding hydrogens is 296 g/mol. The summed E-state index contributed by atoms with van der Waals surface area (Å²) in [6.07, 6.45) is 13.7. The Kier molecular flexibility index (Phi) is 15.3. The molecule has 0 saturated heterocycles. The van der Waals surface area contributed by atoms with Crippen LogP contribution in [0.3, 0.4) is 0 Å². The normalized spacial score (nSPS) is 14.2. The van der Waals surface area contributed by atoms with Gasteiger partial charge in [0.25, 0.3) is 0 Å². The van der Waals surface area contributed by atoms with Crippen LogP contribution in [-0.2, 0) is 4.79 Å². The summed E-state index contributed by atoms with van der Waals surface area (Å²) in [5, 5.41) is 35.7. The Morgan fingerprint density at radius 1 is 0.783 bits per heavy atom. The monoisotopic (exact) mass is 330 g/mol. The number of aliphatic hydroxyl groups excluding tert-OH is 3. The lowest BCUT2D eigenvalue weighted by molar-refractivity contribution is -0.153. The van der Waals surface area contributed by atoms with Crippen LogP contribution in [0.4, 0.5) is 0 Å². The number of rotatable bonds is 16. The molecule has 0 spiro atoms. The van der Waals surface area contributed by atoms with Crippen molar-refractivity contribution in [2.45, 2.75) is 89.3 Å². The van der Waals surface area contributed by atoms with Crippen molar-refractivity contribution in [2.75, 3.05) is 6.61 Å². The average molecular weight is 330 g/mol. The molecule has 5 heteroatoms. The molecule has 5 nitrogen and oxygen atoms in total. The highest BCUT2D eigenvalue weighted by atomic mass is 16.4. The zero-order valence-corrected chi connectivity index (χ0v) is 14.2. The van der Waals surface area contributed by atoms with Crippen molar-refractivity contribution in [1.82, 2.24) is 0 Å². The second kappa shape index (κ2) is 16.0. The largest absolute Gasteiger partial charge is 0.479 e. The number of carboxylic acid groups (broad SMARTS) is 1. The van der Waals surface area contributed by atoms with E-state index in [-0.39, 0.29) is 0 Å². The Balaban J connectivity index is 3.30. The van der Waals surface area contributed by atoms with E-state index in [1.807, 2.05) is 0 Å². The van der Waals surface area contributed by atoms with Gasteiger partial charge >= 0.3 is 5.97 Å². The highest BCUT2D eigenvalue weighted by Gasteiger charge is 2.22. The van der Waals surface area contributed by atoms with Crippen LogP contribution in [0.25, 0.3) is 0 Å². The fourth-order valence-corrected chi connectivity index (χ4v) is 2.43. The van der Waals surface area contributed by atoms with Crippen molar-refractivity contribution >= 4 is 5.97 Å². The van der Waals surface area contributed by atoms with Gasteiger partial charge in [0.15, 0.2) is 6.10 Å². The minimum atomic E-state index is -1.67. The minimum Gasteiger partial charge on any atom is -0.479 e. The van der Waals surface area contributed by atoms with Gasteiger partial charge in [-0.25, -0.2) is 4.79 Å². The smallest absolute Gasteiger partial charge is 0.335 e. The first-order chi connectivity index (χ1) is 11.1. The van der Waals surface area contributed by atoms with Crippen LogP contribution in [-0.4, -0.2) is 45.2 Å². The quantitative estimate of drug-likeness (QED) is 0.258. The molecule has 0 aliphatic heterocycles. The number of allylic oxidation sites excluding steroid dienone is 2. The number of hydrogen-bond acceptors (Lipinski definition) is 4. The molecule has 0 fully saturated rings. The maximum Gasteiger partial charge on any atom is 0.335 e. The van der Waals surface area contributed by atoms with Crippen LogP contribution in [0.15, 0.2) is 12.2 Å². The molecule has 0 radical (unpaired) electrons. The van der Waals surface area contributed by atoms with Crippen molar-refractivity contribution in [3.05, 3.63) is 12.2 Å². The molecule has 136 valence electrons. The Labute approximate surface area is 140 Å². The van der Waals surface area contributed by atoms with Gasteiger partial charge in [-0.3, -0.25) is 0 Å². The summed E-state index contributed by atoms with van der Waals surface area (Å²) in [7, 11) is 0. The zero-order valence-electron chi connectivity index (χ0n) is 14.2. The molecule has 0 aromatic heterocycles. The number of carboxylic acids is 1. The van der Waals surface area contributed by atoms with Gasteiger partial charge in [0.05, 0.1) is 6.10 Å². The zero-order chi connectivity index (χ0) is 17.3. The maximum atomic E-state index is 10.5. The molecule has 0 rings (SSSR count). The fourth-order valence-electron chi connectivity index (χ4n) is 2.43. The highest BCUT2D eigenvalue weighted by molar-refractivity contribution is 5.72. The first-order valence-corrected chi connectivity index (χ1v) is 8.94. The van der Waals surface area contributed by atoms with Crippen LogP contribution in [0, 0.1) is 0 Å². The predicted octanol–water partition coefficient (Wildman–Crippen LogP) is 3.02. The third-order valence-electron chi connectivity index (χ3n) is 3.93. The van der Waals surface area contributed by atoms with Crippen molar-refractivity contribution in [3.63, 3.8) is 0 Å². The summed E-state index contributed by atoms with van der Waals surface area (Å²) in [4.78, 5) is 10.5. The van der Waals surface area contributed by atoms with Crippen molar-refractivity contribution in [2.24, 2.45) is 0 Å². The molecular formula is C18H34O5. The number of aliphatic carboxylic acids is 1. The Bertz CT molecular complexity index is 304. The molecule has 4 N–H and O–H groups in total. The topological polar surface area (TPSA) is 98.0 Å². The minimum absolute atomic E-state index is 0.307. The lowest BCUT2D eigenvalue weighted by Crippen LogP contribution is -2.33. The van der Waals surface area contributed by atoms with E-state index in [2.05, 4.69) is 12.2 Å². The van der Waals surface area contributed by atoms with Crippen LogP contribution in [0.1, 0.15) is 77.0 Å². The molecule has 2 unspecified atom stereocenters. The van der Waals surface area contributed by atoms with Gasteiger partial charge < -0.3 is 20.4 Å². The first-order valence-electron chi connectivity index (χ1n) is 8.94. The van der Waals surface area contributed by atoms with Crippen molar-refractivity contribution < 1.29 is 25.2 Å². The van der Waals surface area contributed by atoms with Gasteiger partial charge in [-0.15, -0.1) is 0 Å². The Morgan fingerprint density at radius 3 is 1.78 bits per heavy atom. The van der Waals surface area contributed by atoms with E-state index in [1.54, 1.807) is 0 Å².